The highest BCUT2D eigenvalue weighted by Gasteiger charge is 2.34. The molecule has 0 aliphatic carbocycles. The van der Waals surface area contributed by atoms with E-state index < -0.39 is 11.8 Å². The molecule has 7 heteroatoms. The van der Waals surface area contributed by atoms with Crippen LogP contribution in [0.2, 0.25) is 0 Å². The van der Waals surface area contributed by atoms with Crippen LogP contribution in [0.1, 0.15) is 23.6 Å². The van der Waals surface area contributed by atoms with Crippen molar-refractivity contribution in [2.45, 2.75) is 20.5 Å². The number of nitrogens with one attached hydrogen (secondary N) is 1. The third-order valence-corrected chi connectivity index (χ3v) is 5.77. The average molecular weight is 507 g/mol. The predicted octanol–water partition coefficient (Wildman–Crippen LogP) is 5.20. The molecule has 4 rings (SSSR count). The Kier molecular flexibility index (Phi) is 6.79. The van der Waals surface area contributed by atoms with E-state index in [4.69, 9.17) is 9.47 Å². The number of anilines is 1. The SMILES string of the molecule is CCOc1cc(/C=C2/C(=O)NN(c3ccccc3)C2=O)cc(Br)c1OCc1ccccc1C. The number of benzene rings is 3. The zero-order chi connectivity index (χ0) is 23.4. The smallest absolute Gasteiger partial charge is 0.282 e. The first-order valence-electron chi connectivity index (χ1n) is 10.5. The third kappa shape index (κ3) is 4.93. The molecule has 0 spiro atoms. The van der Waals surface area contributed by atoms with E-state index >= 15 is 0 Å². The van der Waals surface area contributed by atoms with E-state index in [2.05, 4.69) is 21.4 Å². The van der Waals surface area contributed by atoms with Gasteiger partial charge in [-0.05, 0) is 76.8 Å². The van der Waals surface area contributed by atoms with Crippen LogP contribution in [0.25, 0.3) is 6.08 Å². The van der Waals surface area contributed by atoms with Gasteiger partial charge in [0.25, 0.3) is 11.8 Å². The summed E-state index contributed by atoms with van der Waals surface area (Å²) in [6.07, 6.45) is 1.55. The molecule has 0 bridgehead atoms. The Morgan fingerprint density at radius 3 is 2.45 bits per heavy atom. The van der Waals surface area contributed by atoms with Gasteiger partial charge in [0.2, 0.25) is 0 Å². The van der Waals surface area contributed by atoms with Crippen LogP contribution in [-0.2, 0) is 16.2 Å². The summed E-state index contributed by atoms with van der Waals surface area (Å²) in [5.74, 6) is 0.214. The molecule has 1 fully saturated rings. The van der Waals surface area contributed by atoms with E-state index in [0.29, 0.717) is 40.4 Å². The topological polar surface area (TPSA) is 67.9 Å². The van der Waals surface area contributed by atoms with E-state index in [1.165, 1.54) is 5.01 Å². The second kappa shape index (κ2) is 9.92. The van der Waals surface area contributed by atoms with Gasteiger partial charge >= 0.3 is 0 Å². The van der Waals surface area contributed by atoms with Gasteiger partial charge in [-0.2, -0.15) is 0 Å². The number of rotatable bonds is 7. The fraction of sp³-hybridized carbons (Fsp3) is 0.154. The molecule has 1 saturated heterocycles. The van der Waals surface area contributed by atoms with Crippen molar-refractivity contribution in [3.63, 3.8) is 0 Å². The number of halogens is 1. The lowest BCUT2D eigenvalue weighted by Crippen LogP contribution is -2.35. The Labute approximate surface area is 200 Å². The summed E-state index contributed by atoms with van der Waals surface area (Å²) in [6.45, 7) is 4.75. The highest BCUT2D eigenvalue weighted by molar-refractivity contribution is 9.10. The molecular formula is C26H23BrN2O4. The van der Waals surface area contributed by atoms with Crippen LogP contribution in [0.5, 0.6) is 11.5 Å². The van der Waals surface area contributed by atoms with Gasteiger partial charge in [-0.1, -0.05) is 42.5 Å². The summed E-state index contributed by atoms with van der Waals surface area (Å²) < 4.78 is 12.6. The van der Waals surface area contributed by atoms with Crippen molar-refractivity contribution in [2.24, 2.45) is 0 Å². The number of amides is 2. The lowest BCUT2D eigenvalue weighted by molar-refractivity contribution is -0.117. The van der Waals surface area contributed by atoms with Gasteiger partial charge < -0.3 is 9.47 Å². The van der Waals surface area contributed by atoms with Gasteiger partial charge in [0.05, 0.1) is 16.8 Å². The van der Waals surface area contributed by atoms with Crippen molar-refractivity contribution in [1.82, 2.24) is 5.43 Å². The standard InChI is InChI=1S/C26H23BrN2O4/c1-3-32-23-15-18(14-22(27)24(23)33-16-19-10-8-7-9-17(19)2)13-21-25(30)28-29(26(21)31)20-11-5-4-6-12-20/h4-15H,3,16H2,1-2H3,(H,28,30)/b21-13-. The molecule has 0 radical (unpaired) electrons. The molecular weight excluding hydrogens is 484 g/mol. The molecule has 168 valence electrons. The van der Waals surface area contributed by atoms with Crippen LogP contribution in [0.4, 0.5) is 5.69 Å². The zero-order valence-electron chi connectivity index (χ0n) is 18.3. The molecule has 0 atom stereocenters. The molecule has 0 aromatic heterocycles. The van der Waals surface area contributed by atoms with E-state index in [1.807, 2.05) is 44.2 Å². The number of para-hydroxylation sites is 1. The van der Waals surface area contributed by atoms with Crippen LogP contribution >= 0.6 is 15.9 Å². The fourth-order valence-corrected chi connectivity index (χ4v) is 4.05. The minimum Gasteiger partial charge on any atom is -0.490 e. The Bertz CT molecular complexity index is 1220. The molecule has 1 aliphatic heterocycles. The molecule has 33 heavy (non-hydrogen) atoms. The Morgan fingerprint density at radius 2 is 1.73 bits per heavy atom. The van der Waals surface area contributed by atoms with Gasteiger partial charge in [-0.15, -0.1) is 0 Å². The van der Waals surface area contributed by atoms with Crippen molar-refractivity contribution in [2.75, 3.05) is 11.6 Å². The second-order valence-corrected chi connectivity index (χ2v) is 8.31. The van der Waals surface area contributed by atoms with Gasteiger partial charge in [0, 0.05) is 0 Å². The maximum absolute atomic E-state index is 12.9. The summed E-state index contributed by atoms with van der Waals surface area (Å²) in [6, 6.07) is 20.5. The van der Waals surface area contributed by atoms with Crippen molar-refractivity contribution in [3.8, 4) is 11.5 Å². The number of carbonyl (C=O) groups excluding carboxylic acids is 2. The molecule has 1 heterocycles. The number of hydrogen-bond acceptors (Lipinski definition) is 4. The highest BCUT2D eigenvalue weighted by Crippen LogP contribution is 2.38. The van der Waals surface area contributed by atoms with Crippen molar-refractivity contribution >= 4 is 39.5 Å². The number of hydrogen-bond donors (Lipinski definition) is 1. The second-order valence-electron chi connectivity index (χ2n) is 7.45. The largest absolute Gasteiger partial charge is 0.490 e. The minimum absolute atomic E-state index is 0.0433. The van der Waals surface area contributed by atoms with Crippen molar-refractivity contribution < 1.29 is 19.1 Å². The first kappa shape index (κ1) is 22.6. The third-order valence-electron chi connectivity index (χ3n) is 5.18. The Balaban J connectivity index is 1.62. The Hall–Kier alpha value is -3.58. The van der Waals surface area contributed by atoms with E-state index in [9.17, 15) is 9.59 Å². The van der Waals surface area contributed by atoms with Crippen molar-refractivity contribution in [1.29, 1.82) is 0 Å². The van der Waals surface area contributed by atoms with Crippen LogP contribution in [0, 0.1) is 6.92 Å². The molecule has 2 amide bonds. The lowest BCUT2D eigenvalue weighted by atomic mass is 10.1. The fourth-order valence-electron chi connectivity index (χ4n) is 3.48. The summed E-state index contributed by atoms with van der Waals surface area (Å²) in [5, 5.41) is 1.24. The molecule has 1 aliphatic rings. The van der Waals surface area contributed by atoms with E-state index in [0.717, 1.165) is 11.1 Å². The first-order chi connectivity index (χ1) is 16.0. The number of aryl methyl sites for hydroxylation is 1. The number of hydrazine groups is 1. The van der Waals surface area contributed by atoms with Crippen molar-refractivity contribution in [3.05, 3.63) is 93.5 Å². The molecule has 6 nitrogen and oxygen atoms in total. The normalized spacial score (nSPS) is 14.5. The van der Waals surface area contributed by atoms with Gasteiger partial charge in [-0.3, -0.25) is 15.0 Å². The van der Waals surface area contributed by atoms with Gasteiger partial charge in [0.1, 0.15) is 12.2 Å². The Morgan fingerprint density at radius 1 is 1.00 bits per heavy atom. The molecule has 1 N–H and O–H groups in total. The van der Waals surface area contributed by atoms with Crippen LogP contribution in [-0.4, -0.2) is 18.4 Å². The maximum Gasteiger partial charge on any atom is 0.282 e. The summed E-state index contributed by atoms with van der Waals surface area (Å²) in [5.41, 5.74) is 6.10. The number of nitrogens with zero attached hydrogens (tertiary/aromatic N) is 1. The molecule has 3 aromatic rings. The summed E-state index contributed by atoms with van der Waals surface area (Å²) >= 11 is 3.56. The molecule has 3 aromatic carbocycles. The first-order valence-corrected chi connectivity index (χ1v) is 11.3. The number of carbonyl (C=O) groups is 2. The zero-order valence-corrected chi connectivity index (χ0v) is 19.9. The van der Waals surface area contributed by atoms with E-state index in [-0.39, 0.29) is 5.57 Å². The van der Waals surface area contributed by atoms with Crippen LogP contribution in [0.15, 0.2) is 76.8 Å². The van der Waals surface area contributed by atoms with Crippen LogP contribution in [0.3, 0.4) is 0 Å². The van der Waals surface area contributed by atoms with Gasteiger partial charge in [0.15, 0.2) is 11.5 Å². The quantitative estimate of drug-likeness (QED) is 0.353. The van der Waals surface area contributed by atoms with Gasteiger partial charge in [-0.25, -0.2) is 5.01 Å². The lowest BCUT2D eigenvalue weighted by Gasteiger charge is -2.16. The minimum atomic E-state index is -0.460. The molecule has 0 saturated carbocycles. The highest BCUT2D eigenvalue weighted by atomic mass is 79.9. The van der Waals surface area contributed by atoms with E-state index in [1.54, 1.807) is 42.5 Å². The summed E-state index contributed by atoms with van der Waals surface area (Å²) in [4.78, 5) is 25.4. The molecule has 0 unspecified atom stereocenters. The van der Waals surface area contributed by atoms with Crippen LogP contribution < -0.4 is 19.9 Å². The predicted molar refractivity (Wildman–Crippen MR) is 131 cm³/mol. The average Bonchev–Trinajstić information content (AvgIpc) is 3.09. The maximum atomic E-state index is 12.9. The summed E-state index contributed by atoms with van der Waals surface area (Å²) in [7, 11) is 0. The monoisotopic (exact) mass is 506 g/mol. The number of ether oxygens (including phenoxy) is 2.